The predicted molar refractivity (Wildman–Crippen MR) is 129 cm³/mol. The fourth-order valence-electron chi connectivity index (χ4n) is 6.14. The van der Waals surface area contributed by atoms with Gasteiger partial charge in [-0.25, -0.2) is 4.98 Å². The lowest BCUT2D eigenvalue weighted by atomic mass is 9.71. The maximum Gasteiger partial charge on any atom is 0.228 e. The van der Waals surface area contributed by atoms with Gasteiger partial charge in [-0.05, 0) is 55.9 Å². The second kappa shape index (κ2) is 9.00. The lowest BCUT2D eigenvalue weighted by Gasteiger charge is -2.44. The number of nitrogens with one attached hydrogen (secondary N) is 3. The summed E-state index contributed by atoms with van der Waals surface area (Å²) < 4.78 is 0. The van der Waals surface area contributed by atoms with Crippen molar-refractivity contribution in [3.63, 3.8) is 0 Å². The number of hydrogen-bond acceptors (Lipinski definition) is 5. The largest absolute Gasteiger partial charge is 0.383 e. The van der Waals surface area contributed by atoms with Crippen LogP contribution in [0.4, 0.5) is 17.2 Å². The number of anilines is 3. The standard InChI is InChI=1S/C26H35N5O/c27-24-20(14-9-17-28-24)26(30-21-15-7-8-16-22(21)31-26)23(18-10-3-1-4-11-18)25(32)29-19-12-5-2-6-13-19/h7-9,14-19,23,30-31H,1-6,10-13H2,(H2,27,28)(H,29,32)/t23-/m1/s1. The zero-order valence-electron chi connectivity index (χ0n) is 18.8. The van der Waals surface area contributed by atoms with Crippen molar-refractivity contribution in [1.29, 1.82) is 0 Å². The molecule has 2 aliphatic carbocycles. The van der Waals surface area contributed by atoms with Crippen LogP contribution in [0.15, 0.2) is 42.6 Å². The number of amides is 1. The third kappa shape index (κ3) is 3.91. The SMILES string of the molecule is Nc1ncccc1C1([C@@H](C(=O)NC2CCCCC2)C2CCCCC2)Nc2ccccc2N1. The summed E-state index contributed by atoms with van der Waals surface area (Å²) in [5.41, 5.74) is 8.49. The minimum atomic E-state index is -0.817. The van der Waals surface area contributed by atoms with Crippen LogP contribution in [-0.4, -0.2) is 16.9 Å². The Morgan fingerprint density at radius 3 is 2.19 bits per heavy atom. The smallest absolute Gasteiger partial charge is 0.228 e. The summed E-state index contributed by atoms with van der Waals surface area (Å²) >= 11 is 0. The van der Waals surface area contributed by atoms with Crippen LogP contribution in [0.5, 0.6) is 0 Å². The van der Waals surface area contributed by atoms with Crippen molar-refractivity contribution < 1.29 is 4.79 Å². The number of nitrogen functional groups attached to an aromatic ring is 1. The molecule has 1 aromatic heterocycles. The zero-order chi connectivity index (χ0) is 22.0. The van der Waals surface area contributed by atoms with Gasteiger partial charge in [0.25, 0.3) is 0 Å². The van der Waals surface area contributed by atoms with E-state index in [0.29, 0.717) is 5.82 Å². The van der Waals surface area contributed by atoms with Gasteiger partial charge in [0.1, 0.15) is 5.82 Å². The number of rotatable bonds is 5. The van der Waals surface area contributed by atoms with Gasteiger partial charge in [-0.3, -0.25) is 4.79 Å². The molecule has 0 radical (unpaired) electrons. The lowest BCUT2D eigenvalue weighted by Crippen LogP contribution is -2.57. The van der Waals surface area contributed by atoms with Crippen LogP contribution in [0.3, 0.4) is 0 Å². The van der Waals surface area contributed by atoms with E-state index in [2.05, 4.69) is 33.1 Å². The number of pyridine rings is 1. The van der Waals surface area contributed by atoms with Crippen molar-refractivity contribution in [2.75, 3.05) is 16.4 Å². The van der Waals surface area contributed by atoms with Crippen molar-refractivity contribution in [2.45, 2.75) is 75.9 Å². The molecule has 6 nitrogen and oxygen atoms in total. The number of benzene rings is 1. The lowest BCUT2D eigenvalue weighted by molar-refractivity contribution is -0.130. The molecule has 32 heavy (non-hydrogen) atoms. The number of carbonyl (C=O) groups excluding carboxylic acids is 1. The van der Waals surface area contributed by atoms with Gasteiger partial charge in [0.15, 0.2) is 5.66 Å². The molecule has 1 aromatic carbocycles. The topological polar surface area (TPSA) is 92.1 Å². The van der Waals surface area contributed by atoms with E-state index in [9.17, 15) is 4.79 Å². The van der Waals surface area contributed by atoms with E-state index in [4.69, 9.17) is 5.73 Å². The zero-order valence-corrected chi connectivity index (χ0v) is 18.8. The van der Waals surface area contributed by atoms with Crippen molar-refractivity contribution in [3.05, 3.63) is 48.2 Å². The van der Waals surface area contributed by atoms with E-state index < -0.39 is 5.66 Å². The molecule has 5 N–H and O–H groups in total. The molecule has 0 bridgehead atoms. The first kappa shape index (κ1) is 21.1. The average molecular weight is 434 g/mol. The number of aromatic nitrogens is 1. The van der Waals surface area contributed by atoms with Crippen LogP contribution >= 0.6 is 0 Å². The molecular formula is C26H35N5O. The first-order chi connectivity index (χ1) is 15.7. The fourth-order valence-corrected chi connectivity index (χ4v) is 6.14. The molecule has 1 aliphatic heterocycles. The summed E-state index contributed by atoms with van der Waals surface area (Å²) in [5.74, 6) is 0.594. The van der Waals surface area contributed by atoms with E-state index in [1.165, 1.54) is 38.5 Å². The Bertz CT molecular complexity index is 924. The van der Waals surface area contributed by atoms with Crippen molar-refractivity contribution in [3.8, 4) is 0 Å². The van der Waals surface area contributed by atoms with Gasteiger partial charge in [0.2, 0.25) is 5.91 Å². The minimum Gasteiger partial charge on any atom is -0.383 e. The highest BCUT2D eigenvalue weighted by Gasteiger charge is 2.53. The Morgan fingerprint density at radius 1 is 0.938 bits per heavy atom. The van der Waals surface area contributed by atoms with Gasteiger partial charge in [0.05, 0.1) is 17.3 Å². The average Bonchev–Trinajstić information content (AvgIpc) is 3.20. The number of fused-ring (bicyclic) bond motifs is 1. The molecule has 0 unspecified atom stereocenters. The Balaban J connectivity index is 1.58. The Labute approximate surface area is 190 Å². The molecule has 170 valence electrons. The Morgan fingerprint density at radius 2 is 1.56 bits per heavy atom. The van der Waals surface area contributed by atoms with Crippen LogP contribution in [0.25, 0.3) is 0 Å². The molecule has 2 fully saturated rings. The Kier molecular flexibility index (Phi) is 5.94. The molecule has 1 atom stereocenters. The van der Waals surface area contributed by atoms with Crippen molar-refractivity contribution >= 4 is 23.1 Å². The molecular weight excluding hydrogens is 398 g/mol. The van der Waals surface area contributed by atoms with Crippen LogP contribution < -0.4 is 21.7 Å². The molecule has 0 saturated heterocycles. The third-order valence-electron chi connectivity index (χ3n) is 7.68. The van der Waals surface area contributed by atoms with Crippen LogP contribution in [-0.2, 0) is 10.5 Å². The number of hydrogen-bond donors (Lipinski definition) is 4. The van der Waals surface area contributed by atoms with Gasteiger partial charge in [-0.2, -0.15) is 0 Å². The Hall–Kier alpha value is -2.76. The monoisotopic (exact) mass is 433 g/mol. The van der Waals surface area contributed by atoms with Crippen molar-refractivity contribution in [1.82, 2.24) is 10.3 Å². The number of nitrogens with zero attached hydrogens (tertiary/aromatic N) is 1. The molecule has 2 saturated carbocycles. The first-order valence-corrected chi connectivity index (χ1v) is 12.3. The second-order valence-corrected chi connectivity index (χ2v) is 9.76. The second-order valence-electron chi connectivity index (χ2n) is 9.76. The van der Waals surface area contributed by atoms with Crippen LogP contribution in [0.1, 0.15) is 69.8 Å². The van der Waals surface area contributed by atoms with Crippen LogP contribution in [0, 0.1) is 11.8 Å². The summed E-state index contributed by atoms with van der Waals surface area (Å²) in [6, 6.07) is 12.4. The van der Waals surface area contributed by atoms with Gasteiger partial charge in [-0.1, -0.05) is 50.7 Å². The predicted octanol–water partition coefficient (Wildman–Crippen LogP) is 5.00. The quantitative estimate of drug-likeness (QED) is 0.533. The van der Waals surface area contributed by atoms with E-state index in [0.717, 1.165) is 42.6 Å². The van der Waals surface area contributed by atoms with E-state index in [1.54, 1.807) is 6.20 Å². The van der Waals surface area contributed by atoms with Crippen LogP contribution in [0.2, 0.25) is 0 Å². The van der Waals surface area contributed by atoms with Gasteiger partial charge in [0, 0.05) is 17.8 Å². The summed E-state index contributed by atoms with van der Waals surface area (Å²) in [4.78, 5) is 18.5. The number of para-hydroxylation sites is 2. The fraction of sp³-hybridized carbons (Fsp3) is 0.538. The highest BCUT2D eigenvalue weighted by molar-refractivity contribution is 5.87. The molecule has 2 heterocycles. The van der Waals surface area contributed by atoms with E-state index in [1.807, 2.05) is 24.3 Å². The highest BCUT2D eigenvalue weighted by atomic mass is 16.2. The number of nitrogens with two attached hydrogens (primary N) is 1. The summed E-state index contributed by atoms with van der Waals surface area (Å²) in [5, 5.41) is 10.9. The molecule has 1 amide bonds. The van der Waals surface area contributed by atoms with E-state index >= 15 is 0 Å². The summed E-state index contributed by atoms with van der Waals surface area (Å²) in [7, 11) is 0. The van der Waals surface area contributed by atoms with Gasteiger partial charge in [-0.15, -0.1) is 0 Å². The maximum absolute atomic E-state index is 14.1. The number of carbonyl (C=O) groups is 1. The maximum atomic E-state index is 14.1. The van der Waals surface area contributed by atoms with Gasteiger partial charge >= 0.3 is 0 Å². The molecule has 5 rings (SSSR count). The normalized spacial score (nSPS) is 21.8. The summed E-state index contributed by atoms with van der Waals surface area (Å²) in [6.45, 7) is 0. The first-order valence-electron chi connectivity index (χ1n) is 12.3. The van der Waals surface area contributed by atoms with Gasteiger partial charge < -0.3 is 21.7 Å². The molecule has 0 spiro atoms. The highest BCUT2D eigenvalue weighted by Crippen LogP contribution is 2.49. The van der Waals surface area contributed by atoms with E-state index in [-0.39, 0.29) is 23.8 Å². The molecule has 2 aromatic rings. The van der Waals surface area contributed by atoms with Crippen molar-refractivity contribution in [2.24, 2.45) is 11.8 Å². The molecule has 6 heteroatoms. The summed E-state index contributed by atoms with van der Waals surface area (Å²) in [6.07, 6.45) is 13.2. The minimum absolute atomic E-state index is 0.139. The third-order valence-corrected chi connectivity index (χ3v) is 7.68. The molecule has 3 aliphatic rings.